The zero-order chi connectivity index (χ0) is 17.7. The Labute approximate surface area is 153 Å². The lowest BCUT2D eigenvalue weighted by Crippen LogP contribution is -3.18. The van der Waals surface area contributed by atoms with Crippen LogP contribution in [0.4, 0.5) is 0 Å². The summed E-state index contributed by atoms with van der Waals surface area (Å²) in [5.41, 5.74) is 5.86. The Morgan fingerprint density at radius 3 is 2.28 bits per heavy atom. The Bertz CT molecular complexity index is 601. The number of esters is 1. The number of halogens is 1. The van der Waals surface area contributed by atoms with Gasteiger partial charge in [0.15, 0.2) is 17.6 Å². The second-order valence-corrected chi connectivity index (χ2v) is 5.55. The van der Waals surface area contributed by atoms with E-state index in [9.17, 15) is 4.79 Å². The number of carbonyl (C=O) groups excluding carboxylic acids is 1. The summed E-state index contributed by atoms with van der Waals surface area (Å²) in [5.74, 6) is 0.806. The first-order valence-electron chi connectivity index (χ1n) is 7.70. The van der Waals surface area contributed by atoms with E-state index in [-0.39, 0.29) is 24.5 Å². The highest BCUT2D eigenvalue weighted by Crippen LogP contribution is 2.38. The Morgan fingerprint density at radius 2 is 1.80 bits per heavy atom. The van der Waals surface area contributed by atoms with Crippen LogP contribution in [0.5, 0.6) is 17.2 Å². The number of hydrogen-bond donors (Lipinski definition) is 3. The van der Waals surface area contributed by atoms with Gasteiger partial charge in [-0.3, -0.25) is 4.90 Å². The van der Waals surface area contributed by atoms with Crippen molar-refractivity contribution >= 4 is 11.9 Å². The summed E-state index contributed by atoms with van der Waals surface area (Å²) in [5, 5.41) is 7.53. The average molecular weight is 374 g/mol. The van der Waals surface area contributed by atoms with Gasteiger partial charge in [-0.1, -0.05) is 0 Å². The van der Waals surface area contributed by atoms with Crippen LogP contribution in [0, 0.1) is 5.41 Å². The Balaban J connectivity index is 0.00000312. The van der Waals surface area contributed by atoms with Gasteiger partial charge in [0.05, 0.1) is 33.4 Å². The van der Waals surface area contributed by atoms with Crippen molar-refractivity contribution in [3.8, 4) is 17.2 Å². The van der Waals surface area contributed by atoms with Gasteiger partial charge in [0.1, 0.15) is 6.54 Å². The maximum absolute atomic E-state index is 12.5. The molecule has 0 saturated carbocycles. The lowest BCUT2D eigenvalue weighted by Gasteiger charge is -2.27. The zero-order valence-corrected chi connectivity index (χ0v) is 15.3. The number of guanidine groups is 1. The van der Waals surface area contributed by atoms with Crippen LogP contribution in [0.25, 0.3) is 0 Å². The molecule has 0 bridgehead atoms. The fraction of sp³-hybridized carbons (Fsp3) is 0.500. The van der Waals surface area contributed by atoms with Crippen LogP contribution < -0.4 is 37.3 Å². The van der Waals surface area contributed by atoms with E-state index in [0.29, 0.717) is 29.4 Å². The van der Waals surface area contributed by atoms with Crippen molar-refractivity contribution in [3.05, 3.63) is 17.7 Å². The minimum atomic E-state index is -0.468. The lowest BCUT2D eigenvalue weighted by atomic mass is 10.1. The minimum absolute atomic E-state index is 0. The van der Waals surface area contributed by atoms with Gasteiger partial charge in [-0.25, -0.2) is 10.2 Å². The summed E-state index contributed by atoms with van der Waals surface area (Å²) in [7, 11) is 4.47. The first-order valence-corrected chi connectivity index (χ1v) is 7.70. The van der Waals surface area contributed by atoms with Crippen molar-refractivity contribution in [3.63, 3.8) is 0 Å². The van der Waals surface area contributed by atoms with Crippen LogP contribution in [-0.2, 0) is 4.74 Å². The van der Waals surface area contributed by atoms with Crippen LogP contribution in [0.15, 0.2) is 12.1 Å². The molecule has 25 heavy (non-hydrogen) atoms. The van der Waals surface area contributed by atoms with Gasteiger partial charge in [0.2, 0.25) is 5.75 Å². The molecule has 2 unspecified atom stereocenters. The maximum Gasteiger partial charge on any atom is 0.338 e. The van der Waals surface area contributed by atoms with E-state index in [2.05, 4.69) is 0 Å². The van der Waals surface area contributed by atoms with Crippen LogP contribution in [0.1, 0.15) is 23.2 Å². The fourth-order valence-corrected chi connectivity index (χ4v) is 2.79. The molecule has 1 fully saturated rings. The van der Waals surface area contributed by atoms with Gasteiger partial charge >= 0.3 is 5.97 Å². The SMILES string of the molecule is COc1cc(C(=O)OC2CCC[NH+](C(=N)N)C2)cc(OC)c1OC.[Cl-]. The highest BCUT2D eigenvalue weighted by molar-refractivity contribution is 5.91. The predicted molar refractivity (Wildman–Crippen MR) is 87.1 cm³/mol. The van der Waals surface area contributed by atoms with Gasteiger partial charge in [-0.05, 0) is 18.6 Å². The topological polar surface area (TPSA) is 108 Å². The summed E-state index contributed by atoms with van der Waals surface area (Å²) in [6, 6.07) is 3.12. The maximum atomic E-state index is 12.5. The number of quaternary nitrogens is 1. The summed E-state index contributed by atoms with van der Waals surface area (Å²) in [6.45, 7) is 1.29. The summed E-state index contributed by atoms with van der Waals surface area (Å²) in [4.78, 5) is 13.3. The van der Waals surface area contributed by atoms with Crippen molar-refractivity contribution in [1.82, 2.24) is 0 Å². The molecular weight excluding hydrogens is 350 g/mol. The zero-order valence-electron chi connectivity index (χ0n) is 14.6. The summed E-state index contributed by atoms with van der Waals surface area (Å²) in [6.07, 6.45) is 1.33. The standard InChI is InChI=1S/C16H23N3O5.ClH/c1-21-12-7-10(8-13(22-2)14(12)23-3)15(20)24-11-5-4-6-19(9-11)16(17)18;/h7-8,11H,4-6,9H2,1-3H3,(H3,17,18);1H. The number of rotatable bonds is 5. The molecule has 1 aromatic rings. The second-order valence-electron chi connectivity index (χ2n) is 5.55. The van der Waals surface area contributed by atoms with Gasteiger partial charge in [0, 0.05) is 6.42 Å². The second kappa shape index (κ2) is 9.33. The van der Waals surface area contributed by atoms with Crippen molar-refractivity contribution in [2.24, 2.45) is 5.73 Å². The molecule has 1 aliphatic rings. The van der Waals surface area contributed by atoms with Crippen molar-refractivity contribution in [2.45, 2.75) is 18.9 Å². The van der Waals surface area contributed by atoms with Crippen molar-refractivity contribution in [2.75, 3.05) is 34.4 Å². The average Bonchev–Trinajstić information content (AvgIpc) is 2.60. The van der Waals surface area contributed by atoms with E-state index in [1.165, 1.54) is 21.3 Å². The first-order chi connectivity index (χ1) is 11.5. The molecule has 4 N–H and O–H groups in total. The van der Waals surface area contributed by atoms with Crippen molar-refractivity contribution in [1.29, 1.82) is 5.41 Å². The third-order valence-corrected chi connectivity index (χ3v) is 4.03. The van der Waals surface area contributed by atoms with Gasteiger partial charge < -0.3 is 37.1 Å². The van der Waals surface area contributed by atoms with Crippen LogP contribution in [-0.4, -0.2) is 52.5 Å². The predicted octanol–water partition coefficient (Wildman–Crippen LogP) is -3.19. The number of carbonyl (C=O) groups is 1. The molecule has 0 spiro atoms. The van der Waals surface area contributed by atoms with E-state index in [4.69, 9.17) is 30.1 Å². The number of methoxy groups -OCH3 is 3. The molecule has 0 amide bonds. The monoisotopic (exact) mass is 373 g/mol. The molecule has 2 atom stereocenters. The Kier molecular flexibility index (Phi) is 7.79. The van der Waals surface area contributed by atoms with E-state index in [1.807, 2.05) is 0 Å². The molecule has 1 aliphatic heterocycles. The largest absolute Gasteiger partial charge is 1.00 e. The van der Waals surface area contributed by atoms with Gasteiger partial charge in [0.25, 0.3) is 5.96 Å². The molecular formula is C16H24ClN3O5. The third kappa shape index (κ3) is 4.90. The number of benzene rings is 1. The first kappa shape index (κ1) is 20.9. The van der Waals surface area contributed by atoms with E-state index < -0.39 is 5.97 Å². The number of nitrogens with one attached hydrogen (secondary N) is 2. The normalized spacial score (nSPS) is 19.3. The number of hydrogen-bond acceptors (Lipinski definition) is 6. The van der Waals surface area contributed by atoms with Crippen molar-refractivity contribution < 1.29 is 41.0 Å². The number of likely N-dealkylation sites (tertiary alicyclic amines) is 1. The summed E-state index contributed by atoms with van der Waals surface area (Å²) >= 11 is 0. The molecule has 1 saturated heterocycles. The minimum Gasteiger partial charge on any atom is -1.00 e. The quantitative estimate of drug-likeness (QED) is 0.285. The van der Waals surface area contributed by atoms with E-state index in [0.717, 1.165) is 24.3 Å². The molecule has 1 aromatic carbocycles. The van der Waals surface area contributed by atoms with Gasteiger partial charge in [-0.15, -0.1) is 0 Å². The lowest BCUT2D eigenvalue weighted by molar-refractivity contribution is -0.818. The third-order valence-electron chi connectivity index (χ3n) is 4.03. The van der Waals surface area contributed by atoms with Gasteiger partial charge in [-0.2, -0.15) is 0 Å². The highest BCUT2D eigenvalue weighted by Gasteiger charge is 2.29. The number of piperidine rings is 1. The van der Waals surface area contributed by atoms with Crippen LogP contribution in [0.2, 0.25) is 0 Å². The van der Waals surface area contributed by atoms with Crippen LogP contribution >= 0.6 is 0 Å². The molecule has 0 aromatic heterocycles. The number of nitrogens with two attached hydrogens (primary N) is 1. The highest BCUT2D eigenvalue weighted by atomic mass is 35.5. The molecule has 8 nitrogen and oxygen atoms in total. The van der Waals surface area contributed by atoms with E-state index in [1.54, 1.807) is 12.1 Å². The molecule has 2 rings (SSSR count). The number of ether oxygens (including phenoxy) is 4. The van der Waals surface area contributed by atoms with E-state index >= 15 is 0 Å². The Morgan fingerprint density at radius 1 is 1.20 bits per heavy atom. The molecule has 140 valence electrons. The molecule has 0 radical (unpaired) electrons. The van der Waals surface area contributed by atoms with Crippen LogP contribution in [0.3, 0.4) is 0 Å². The molecule has 9 heteroatoms. The Hall–Kier alpha value is -2.19. The smallest absolute Gasteiger partial charge is 0.338 e. The fourth-order valence-electron chi connectivity index (χ4n) is 2.79. The summed E-state index contributed by atoms with van der Waals surface area (Å²) < 4.78 is 21.3. The molecule has 0 aliphatic carbocycles. The molecule has 1 heterocycles.